The van der Waals surface area contributed by atoms with Gasteiger partial charge in [0.25, 0.3) is 5.91 Å². The number of nitrogens with two attached hydrogens (primary N) is 1. The SMILES string of the molecule is COC(=O)N1CCC(c2cccc3cc(-c4nn5cc(C(=O)N6CCC[C@@H](N)C6)ccc5c4C)n(CC4CC4)c23)CC1. The molecule has 5 heterocycles. The van der Waals surface area contributed by atoms with E-state index in [0.717, 1.165) is 61.2 Å². The van der Waals surface area contributed by atoms with E-state index in [2.05, 4.69) is 35.8 Å². The second kappa shape index (κ2) is 10.8. The lowest BCUT2D eigenvalue weighted by atomic mass is 9.88. The molecule has 1 atom stereocenters. The van der Waals surface area contributed by atoms with Crippen molar-refractivity contribution in [1.82, 2.24) is 24.0 Å². The summed E-state index contributed by atoms with van der Waals surface area (Å²) in [5.41, 5.74) is 13.7. The Morgan fingerprint density at radius 3 is 2.57 bits per heavy atom. The van der Waals surface area contributed by atoms with Crippen molar-refractivity contribution in [2.45, 2.75) is 64.0 Å². The second-order valence-corrected chi connectivity index (χ2v) is 12.5. The van der Waals surface area contributed by atoms with Crippen LogP contribution in [0.4, 0.5) is 4.79 Å². The van der Waals surface area contributed by atoms with Gasteiger partial charge < -0.3 is 24.8 Å². The molecule has 220 valence electrons. The summed E-state index contributed by atoms with van der Waals surface area (Å²) in [6.45, 7) is 5.87. The summed E-state index contributed by atoms with van der Waals surface area (Å²) >= 11 is 0. The van der Waals surface area contributed by atoms with Gasteiger partial charge in [0.05, 0.1) is 29.4 Å². The highest BCUT2D eigenvalue weighted by Crippen LogP contribution is 2.41. The normalized spacial score (nSPS) is 20.0. The van der Waals surface area contributed by atoms with Crippen LogP contribution in [0.15, 0.2) is 42.6 Å². The standard InChI is InChI=1S/C33H40N6O3/c1-21-28-11-10-25(32(40)37-14-4-6-26(34)20-37)19-39(28)35-30(21)29-17-24-5-3-7-27(31(24)38(29)18-22-8-9-22)23-12-15-36(16-13-23)33(41)42-2/h3,5,7,10-11,17,19,22-23,26H,4,6,8-9,12-16,18,20,34H2,1-2H3/t26-/m1/s1. The molecule has 2 amide bonds. The second-order valence-electron chi connectivity index (χ2n) is 12.5. The molecule has 7 rings (SSSR count). The molecule has 2 N–H and O–H groups in total. The van der Waals surface area contributed by atoms with Gasteiger partial charge in [-0.25, -0.2) is 9.31 Å². The summed E-state index contributed by atoms with van der Waals surface area (Å²) in [5, 5.41) is 6.32. The van der Waals surface area contributed by atoms with Gasteiger partial charge in [0.2, 0.25) is 0 Å². The van der Waals surface area contributed by atoms with E-state index in [1.54, 1.807) is 0 Å². The third kappa shape index (κ3) is 4.83. The van der Waals surface area contributed by atoms with Crippen LogP contribution in [0.1, 0.15) is 65.9 Å². The van der Waals surface area contributed by atoms with Crippen molar-refractivity contribution in [1.29, 1.82) is 0 Å². The first-order valence-electron chi connectivity index (χ1n) is 15.4. The number of benzene rings is 1. The zero-order chi connectivity index (χ0) is 29.0. The predicted octanol–water partition coefficient (Wildman–Crippen LogP) is 5.18. The largest absolute Gasteiger partial charge is 0.453 e. The van der Waals surface area contributed by atoms with Gasteiger partial charge in [-0.1, -0.05) is 18.2 Å². The van der Waals surface area contributed by atoms with E-state index in [1.165, 1.54) is 36.4 Å². The van der Waals surface area contributed by atoms with E-state index in [1.807, 2.05) is 32.6 Å². The van der Waals surface area contributed by atoms with Crippen molar-refractivity contribution in [3.05, 3.63) is 59.3 Å². The predicted molar refractivity (Wildman–Crippen MR) is 163 cm³/mol. The van der Waals surface area contributed by atoms with Crippen LogP contribution in [0.2, 0.25) is 0 Å². The number of pyridine rings is 1. The fourth-order valence-corrected chi connectivity index (χ4v) is 7.05. The van der Waals surface area contributed by atoms with Gasteiger partial charge in [-0.15, -0.1) is 0 Å². The van der Waals surface area contributed by atoms with Crippen molar-refractivity contribution >= 4 is 28.4 Å². The van der Waals surface area contributed by atoms with Crippen LogP contribution in [-0.4, -0.2) is 75.3 Å². The molecule has 0 bridgehead atoms. The van der Waals surface area contributed by atoms with Crippen molar-refractivity contribution in [2.24, 2.45) is 11.7 Å². The van der Waals surface area contributed by atoms with Crippen LogP contribution >= 0.6 is 0 Å². The number of piperidine rings is 2. The number of nitrogens with zero attached hydrogens (tertiary/aromatic N) is 5. The molecule has 2 aliphatic heterocycles. The molecule has 0 spiro atoms. The van der Waals surface area contributed by atoms with Crippen molar-refractivity contribution in [3.63, 3.8) is 0 Å². The maximum atomic E-state index is 13.3. The maximum Gasteiger partial charge on any atom is 0.409 e. The van der Waals surface area contributed by atoms with E-state index >= 15 is 0 Å². The molecule has 1 aromatic carbocycles. The number of rotatable bonds is 5. The molecular formula is C33H40N6O3. The summed E-state index contributed by atoms with van der Waals surface area (Å²) in [7, 11) is 1.45. The molecule has 9 nitrogen and oxygen atoms in total. The fourth-order valence-electron chi connectivity index (χ4n) is 7.05. The van der Waals surface area contributed by atoms with Crippen LogP contribution in [0.25, 0.3) is 27.8 Å². The Kier molecular flexibility index (Phi) is 6.92. The average Bonchev–Trinajstić information content (AvgIpc) is 3.68. The number of aryl methyl sites for hydroxylation is 1. The van der Waals surface area contributed by atoms with Gasteiger partial charge >= 0.3 is 6.09 Å². The van der Waals surface area contributed by atoms with Gasteiger partial charge in [0, 0.05) is 55.9 Å². The minimum absolute atomic E-state index is 0.0208. The van der Waals surface area contributed by atoms with E-state index in [-0.39, 0.29) is 18.0 Å². The first-order chi connectivity index (χ1) is 20.4. The number of hydrogen-bond donors (Lipinski definition) is 1. The van der Waals surface area contributed by atoms with Crippen LogP contribution < -0.4 is 5.73 Å². The fraction of sp³-hybridized carbons (Fsp3) is 0.485. The van der Waals surface area contributed by atoms with Gasteiger partial charge in [-0.2, -0.15) is 5.10 Å². The molecular weight excluding hydrogens is 528 g/mol. The highest BCUT2D eigenvalue weighted by Gasteiger charge is 2.30. The number of likely N-dealkylation sites (tertiary alicyclic amines) is 2. The average molecular weight is 569 g/mol. The van der Waals surface area contributed by atoms with Crippen molar-refractivity contribution < 1.29 is 14.3 Å². The number of ether oxygens (including phenoxy) is 1. The lowest BCUT2D eigenvalue weighted by Gasteiger charge is -2.31. The Morgan fingerprint density at radius 2 is 1.83 bits per heavy atom. The van der Waals surface area contributed by atoms with Crippen LogP contribution in [0, 0.1) is 12.8 Å². The minimum atomic E-state index is -0.238. The highest BCUT2D eigenvalue weighted by atomic mass is 16.5. The number of methoxy groups -OCH3 is 1. The molecule has 42 heavy (non-hydrogen) atoms. The number of amides is 2. The third-order valence-corrected chi connectivity index (χ3v) is 9.57. The monoisotopic (exact) mass is 568 g/mol. The Balaban J connectivity index is 1.26. The van der Waals surface area contributed by atoms with Crippen LogP contribution in [-0.2, 0) is 11.3 Å². The zero-order valence-corrected chi connectivity index (χ0v) is 24.6. The van der Waals surface area contributed by atoms with E-state index < -0.39 is 0 Å². The third-order valence-electron chi connectivity index (χ3n) is 9.57. The van der Waals surface area contributed by atoms with E-state index in [9.17, 15) is 9.59 Å². The van der Waals surface area contributed by atoms with E-state index in [0.29, 0.717) is 37.0 Å². The minimum Gasteiger partial charge on any atom is -0.453 e. The van der Waals surface area contributed by atoms with Gasteiger partial charge in [0.15, 0.2) is 0 Å². The Labute approximate surface area is 246 Å². The molecule has 9 heteroatoms. The summed E-state index contributed by atoms with van der Waals surface area (Å²) in [6.07, 6.45) is 7.91. The molecule has 4 aromatic rings. The highest BCUT2D eigenvalue weighted by molar-refractivity contribution is 5.95. The van der Waals surface area contributed by atoms with Crippen molar-refractivity contribution in [2.75, 3.05) is 33.3 Å². The number of carbonyl (C=O) groups is 2. The van der Waals surface area contributed by atoms with Crippen LogP contribution in [0.5, 0.6) is 0 Å². The Morgan fingerprint density at radius 1 is 1.02 bits per heavy atom. The molecule has 2 saturated heterocycles. The lowest BCUT2D eigenvalue weighted by Crippen LogP contribution is -2.45. The summed E-state index contributed by atoms with van der Waals surface area (Å²) < 4.78 is 9.35. The topological polar surface area (TPSA) is 98.1 Å². The smallest absolute Gasteiger partial charge is 0.409 e. The number of carbonyl (C=O) groups excluding carboxylic acids is 2. The summed E-state index contributed by atoms with van der Waals surface area (Å²) in [6, 6.07) is 12.9. The molecule has 0 unspecified atom stereocenters. The molecule has 0 radical (unpaired) electrons. The first-order valence-corrected chi connectivity index (χ1v) is 15.4. The number of aromatic nitrogens is 3. The molecule has 3 fully saturated rings. The molecule has 1 aliphatic carbocycles. The molecule has 3 aromatic heterocycles. The number of fused-ring (bicyclic) bond motifs is 2. The van der Waals surface area contributed by atoms with Gasteiger partial charge in [0.1, 0.15) is 5.69 Å². The van der Waals surface area contributed by atoms with E-state index in [4.69, 9.17) is 15.6 Å². The van der Waals surface area contributed by atoms with Gasteiger partial charge in [-0.05, 0) is 81.0 Å². The van der Waals surface area contributed by atoms with Gasteiger partial charge in [-0.3, -0.25) is 4.79 Å². The maximum absolute atomic E-state index is 13.3. The zero-order valence-electron chi connectivity index (χ0n) is 24.6. The number of para-hydroxylation sites is 1. The van der Waals surface area contributed by atoms with Crippen molar-refractivity contribution in [3.8, 4) is 11.4 Å². The Bertz CT molecular complexity index is 1660. The molecule has 3 aliphatic rings. The number of hydrogen-bond acceptors (Lipinski definition) is 5. The quantitative estimate of drug-likeness (QED) is 0.358. The first kappa shape index (κ1) is 27.0. The lowest BCUT2D eigenvalue weighted by molar-refractivity contribution is 0.0708. The molecule has 1 saturated carbocycles. The van der Waals surface area contributed by atoms with Crippen LogP contribution in [0.3, 0.4) is 0 Å². The summed E-state index contributed by atoms with van der Waals surface area (Å²) in [5.74, 6) is 1.09. The Hall–Kier alpha value is -3.85. The summed E-state index contributed by atoms with van der Waals surface area (Å²) in [4.78, 5) is 29.1.